The van der Waals surface area contributed by atoms with Crippen LogP contribution in [-0.2, 0) is 14.3 Å². The second kappa shape index (κ2) is 12.2. The van der Waals surface area contributed by atoms with Gasteiger partial charge in [0, 0.05) is 0 Å². The van der Waals surface area contributed by atoms with Crippen molar-refractivity contribution in [3.63, 3.8) is 0 Å². The summed E-state index contributed by atoms with van der Waals surface area (Å²) < 4.78 is 11.3. The first-order chi connectivity index (χ1) is 21.3. The SMILES string of the molecule is C[C@H](O)[C@@H](C)CC[C@@]1(C(=O)O[C@H]2O[C@@H](CO)[C@H](O)[C@@H](O)[C@@H]2O)C=C2C=C[C@@H]3[C@@]4(C)C[C@@H](O)[C@@H](O)C(C)(C)[C@@H]4CC[C@@]3(C)[C@]2(C)CC1. The molecule has 262 valence electrons. The van der Waals surface area contributed by atoms with Gasteiger partial charge in [-0.05, 0) is 96.9 Å². The van der Waals surface area contributed by atoms with E-state index in [0.717, 1.165) is 18.4 Å². The molecule has 1 aliphatic heterocycles. The van der Waals surface area contributed by atoms with Gasteiger partial charge in [-0.1, -0.05) is 59.8 Å². The minimum atomic E-state index is -1.70. The molecule has 5 rings (SSSR count). The Balaban J connectivity index is 1.52. The van der Waals surface area contributed by atoms with E-state index in [4.69, 9.17) is 9.47 Å². The highest BCUT2D eigenvalue weighted by Crippen LogP contribution is 2.72. The van der Waals surface area contributed by atoms with Crippen molar-refractivity contribution < 1.29 is 50.0 Å². The van der Waals surface area contributed by atoms with Crippen molar-refractivity contribution in [2.24, 2.45) is 44.8 Å². The number of rotatable bonds is 7. The van der Waals surface area contributed by atoms with Crippen LogP contribution in [0, 0.1) is 44.8 Å². The molecule has 0 aromatic rings. The van der Waals surface area contributed by atoms with E-state index in [0.29, 0.717) is 32.1 Å². The summed E-state index contributed by atoms with van der Waals surface area (Å²) in [5.74, 6) is -0.328. The number of ether oxygens (including phenoxy) is 2. The molecular formula is C36H58O10. The number of esters is 1. The van der Waals surface area contributed by atoms with Gasteiger partial charge in [-0.3, -0.25) is 4.79 Å². The van der Waals surface area contributed by atoms with E-state index >= 15 is 0 Å². The molecule has 4 aliphatic carbocycles. The van der Waals surface area contributed by atoms with Crippen LogP contribution in [0.4, 0.5) is 0 Å². The quantitative estimate of drug-likeness (QED) is 0.203. The van der Waals surface area contributed by atoms with E-state index in [1.165, 1.54) is 0 Å². The molecule has 0 unspecified atom stereocenters. The summed E-state index contributed by atoms with van der Waals surface area (Å²) in [6.07, 6.45) is 1.02. The number of aliphatic hydroxyl groups excluding tert-OH is 7. The van der Waals surface area contributed by atoms with Crippen LogP contribution in [0.2, 0.25) is 0 Å². The first-order valence-corrected chi connectivity index (χ1v) is 17.3. The Kier molecular flexibility index (Phi) is 9.52. The average Bonchev–Trinajstić information content (AvgIpc) is 2.99. The zero-order chi connectivity index (χ0) is 34.2. The van der Waals surface area contributed by atoms with Gasteiger partial charge in [0.2, 0.25) is 6.29 Å². The monoisotopic (exact) mass is 650 g/mol. The highest BCUT2D eigenvalue weighted by Gasteiger charge is 2.67. The molecule has 10 nitrogen and oxygen atoms in total. The topological polar surface area (TPSA) is 177 Å². The second-order valence-corrected chi connectivity index (χ2v) is 16.8. The Morgan fingerprint density at radius 2 is 1.67 bits per heavy atom. The van der Waals surface area contributed by atoms with E-state index in [2.05, 4.69) is 46.8 Å². The molecule has 0 spiro atoms. The van der Waals surface area contributed by atoms with Crippen molar-refractivity contribution >= 4 is 5.97 Å². The van der Waals surface area contributed by atoms with Crippen LogP contribution in [-0.4, -0.2) is 97.3 Å². The van der Waals surface area contributed by atoms with Crippen molar-refractivity contribution in [3.8, 4) is 0 Å². The van der Waals surface area contributed by atoms with Crippen LogP contribution < -0.4 is 0 Å². The summed E-state index contributed by atoms with van der Waals surface area (Å²) in [5, 5.41) is 73.1. The molecule has 0 radical (unpaired) electrons. The third kappa shape index (κ3) is 5.34. The molecule has 5 aliphatic rings. The van der Waals surface area contributed by atoms with Gasteiger partial charge < -0.3 is 45.2 Å². The lowest BCUT2D eigenvalue weighted by Gasteiger charge is -2.69. The van der Waals surface area contributed by atoms with Gasteiger partial charge >= 0.3 is 5.97 Å². The maximum atomic E-state index is 14.2. The Labute approximate surface area is 273 Å². The molecule has 46 heavy (non-hydrogen) atoms. The molecule has 1 saturated heterocycles. The number of fused-ring (bicyclic) bond motifs is 5. The van der Waals surface area contributed by atoms with Gasteiger partial charge in [-0.15, -0.1) is 0 Å². The van der Waals surface area contributed by atoms with Crippen molar-refractivity contribution in [2.45, 2.75) is 142 Å². The molecule has 1 heterocycles. The van der Waals surface area contributed by atoms with Crippen LogP contribution in [0.1, 0.15) is 93.4 Å². The number of carbonyl (C=O) groups excluding carboxylic acids is 1. The summed E-state index contributed by atoms with van der Waals surface area (Å²) >= 11 is 0. The predicted octanol–water partition coefficient (Wildman–Crippen LogP) is 2.60. The highest BCUT2D eigenvalue weighted by atomic mass is 16.7. The first-order valence-electron chi connectivity index (χ1n) is 17.3. The van der Waals surface area contributed by atoms with Gasteiger partial charge in [0.1, 0.15) is 24.4 Å². The molecule has 0 aromatic carbocycles. The molecule has 2 saturated carbocycles. The lowest BCUT2D eigenvalue weighted by atomic mass is 9.36. The fourth-order valence-electron chi connectivity index (χ4n) is 10.4. The maximum absolute atomic E-state index is 14.2. The van der Waals surface area contributed by atoms with Crippen molar-refractivity contribution in [1.82, 2.24) is 0 Å². The number of aliphatic hydroxyl groups is 7. The minimum absolute atomic E-state index is 0.0842. The highest BCUT2D eigenvalue weighted by molar-refractivity contribution is 5.80. The van der Waals surface area contributed by atoms with E-state index in [9.17, 15) is 40.5 Å². The van der Waals surface area contributed by atoms with E-state index in [1.54, 1.807) is 6.92 Å². The molecular weight excluding hydrogens is 592 g/mol. The third-order valence-corrected chi connectivity index (χ3v) is 14.0. The van der Waals surface area contributed by atoms with Crippen LogP contribution in [0.5, 0.6) is 0 Å². The summed E-state index contributed by atoms with van der Waals surface area (Å²) in [5.41, 5.74) is -1.21. The summed E-state index contributed by atoms with van der Waals surface area (Å²) in [6.45, 7) is 14.1. The van der Waals surface area contributed by atoms with Gasteiger partial charge in [0.25, 0.3) is 0 Å². The molecule has 15 atom stereocenters. The average molecular weight is 651 g/mol. The van der Waals surface area contributed by atoms with Crippen LogP contribution in [0.15, 0.2) is 23.8 Å². The van der Waals surface area contributed by atoms with Crippen LogP contribution in [0.25, 0.3) is 0 Å². The summed E-state index contributed by atoms with van der Waals surface area (Å²) in [6, 6.07) is 0. The third-order valence-electron chi connectivity index (χ3n) is 14.0. The van der Waals surface area contributed by atoms with Crippen molar-refractivity contribution in [2.75, 3.05) is 6.61 Å². The Hall–Kier alpha value is -1.37. The van der Waals surface area contributed by atoms with Gasteiger partial charge in [-0.2, -0.15) is 0 Å². The van der Waals surface area contributed by atoms with Gasteiger partial charge in [0.15, 0.2) is 0 Å². The van der Waals surface area contributed by atoms with Crippen molar-refractivity contribution in [1.29, 1.82) is 0 Å². The number of carbonyl (C=O) groups is 1. The number of allylic oxidation sites excluding steroid dienone is 3. The molecule has 0 aromatic heterocycles. The number of hydrogen-bond acceptors (Lipinski definition) is 10. The second-order valence-electron chi connectivity index (χ2n) is 16.8. The normalized spacial score (nSPS) is 49.5. The van der Waals surface area contributed by atoms with Gasteiger partial charge in [0.05, 0.1) is 30.3 Å². The number of hydrogen-bond donors (Lipinski definition) is 7. The van der Waals surface area contributed by atoms with E-state index in [1.807, 2.05) is 13.0 Å². The van der Waals surface area contributed by atoms with Crippen LogP contribution >= 0.6 is 0 Å². The summed E-state index contributed by atoms with van der Waals surface area (Å²) in [4.78, 5) is 14.2. The summed E-state index contributed by atoms with van der Waals surface area (Å²) in [7, 11) is 0. The lowest BCUT2D eigenvalue weighted by Crippen LogP contribution is -2.65. The molecule has 0 bridgehead atoms. The minimum Gasteiger partial charge on any atom is -0.432 e. The molecule has 7 N–H and O–H groups in total. The maximum Gasteiger partial charge on any atom is 0.318 e. The van der Waals surface area contributed by atoms with E-state index < -0.39 is 72.4 Å². The molecule has 3 fully saturated rings. The fraction of sp³-hybridized carbons (Fsp3) is 0.861. The standard InChI is InChI=1S/C36H58O10/c1-19(20(2)38)10-13-36(31(44)46-30-28(42)27(41)26(40)23(18-37)45-30)15-14-34(6)21(16-36)8-9-25-33(5)17-22(39)29(43)32(3,4)24(33)11-12-35(25,34)7/h8-9,16,19-20,22-30,37-43H,10-15,17-18H2,1-7H3/t19-,20-,22+,23-,24-,25+,26-,27+,28-,29+,30+,33-,34+,35+,36-/m0/s1. The Morgan fingerprint density at radius 3 is 2.30 bits per heavy atom. The first kappa shape index (κ1) is 35.9. The molecule has 0 amide bonds. The van der Waals surface area contributed by atoms with Crippen molar-refractivity contribution in [3.05, 3.63) is 23.8 Å². The van der Waals surface area contributed by atoms with Crippen LogP contribution in [0.3, 0.4) is 0 Å². The zero-order valence-electron chi connectivity index (χ0n) is 28.6. The largest absolute Gasteiger partial charge is 0.432 e. The smallest absolute Gasteiger partial charge is 0.318 e. The molecule has 10 heteroatoms. The Morgan fingerprint density at radius 1 is 1.00 bits per heavy atom. The zero-order valence-corrected chi connectivity index (χ0v) is 28.6. The van der Waals surface area contributed by atoms with E-state index in [-0.39, 0.29) is 34.0 Å². The lowest BCUT2D eigenvalue weighted by molar-refractivity contribution is -0.295. The van der Waals surface area contributed by atoms with Gasteiger partial charge in [-0.25, -0.2) is 0 Å². The predicted molar refractivity (Wildman–Crippen MR) is 170 cm³/mol. The fourth-order valence-corrected chi connectivity index (χ4v) is 10.4. The Bertz CT molecular complexity index is 1210.